The second-order valence-electron chi connectivity index (χ2n) is 6.16. The predicted molar refractivity (Wildman–Crippen MR) is 94.5 cm³/mol. The van der Waals surface area contributed by atoms with Crippen LogP contribution in [0.3, 0.4) is 0 Å². The molecule has 5 heteroatoms. The second kappa shape index (κ2) is 12.1. The van der Waals surface area contributed by atoms with Crippen molar-refractivity contribution in [2.45, 2.75) is 19.5 Å². The van der Waals surface area contributed by atoms with Crippen LogP contribution in [0.5, 0.6) is 0 Å². The van der Waals surface area contributed by atoms with Crippen molar-refractivity contribution in [3.63, 3.8) is 0 Å². The summed E-state index contributed by atoms with van der Waals surface area (Å²) in [6, 6.07) is 28.7. The van der Waals surface area contributed by atoms with Crippen molar-refractivity contribution in [1.82, 2.24) is 0 Å². The molecule has 0 aliphatic carbocycles. The quantitative estimate of drug-likeness (QED) is 0.280. The Morgan fingerprint density at radius 3 is 1.80 bits per heavy atom. The van der Waals surface area contributed by atoms with E-state index in [1.807, 2.05) is 0 Å². The van der Waals surface area contributed by atoms with Crippen molar-refractivity contribution in [1.29, 1.82) is 0 Å². The summed E-state index contributed by atoms with van der Waals surface area (Å²) in [5, 5.41) is 3.03. The van der Waals surface area contributed by atoms with Crippen LogP contribution in [-0.4, -0.2) is 8.07 Å². The Bertz CT molecular complexity index is 712. The van der Waals surface area contributed by atoms with Crippen LogP contribution in [0.1, 0.15) is 11.1 Å². The Kier molecular flexibility index (Phi) is 12.9. The maximum atomic E-state index is 2.43. The Balaban J connectivity index is 0. The molecule has 3 aromatic carbocycles. The van der Waals surface area contributed by atoms with Gasteiger partial charge in [0.05, 0.1) is 8.07 Å². The molecule has 0 spiro atoms. The summed E-state index contributed by atoms with van der Waals surface area (Å²) in [5.41, 5.74) is 2.81. The Hall–Kier alpha value is -0.409. The Labute approximate surface area is 185 Å². The summed E-state index contributed by atoms with van der Waals surface area (Å²) in [4.78, 5) is 0. The standard InChI is InChI=1S/C20H21Si.3ClH.Ti/c1-21(2,19-11-7-4-8-12-19)20-14-13-18(16-20)15-17-9-5-3-6-10-17;;;;/h3-14,16H,15H2,1-2H3;3*1H;/q-1;;;;+4/p-3. The molecular weight excluding hydrogens is 423 g/mol. The molecule has 0 aromatic heterocycles. The molecule has 0 atom stereocenters. The van der Waals surface area contributed by atoms with Gasteiger partial charge in [0, 0.05) is 0 Å². The van der Waals surface area contributed by atoms with Crippen LogP contribution in [-0.2, 0) is 28.1 Å². The molecule has 0 radical (unpaired) electrons. The van der Waals surface area contributed by atoms with Gasteiger partial charge in [-0.05, 0) is 0 Å². The molecule has 0 heterocycles. The smallest absolute Gasteiger partial charge is 1.00 e. The minimum absolute atomic E-state index is 0. The van der Waals surface area contributed by atoms with Crippen LogP contribution in [0.25, 0.3) is 0 Å². The Morgan fingerprint density at radius 1 is 0.720 bits per heavy atom. The normalized spacial score (nSPS) is 9.68. The molecule has 0 saturated carbocycles. The van der Waals surface area contributed by atoms with Crippen LogP contribution >= 0.6 is 0 Å². The van der Waals surface area contributed by atoms with Gasteiger partial charge < -0.3 is 37.2 Å². The minimum Gasteiger partial charge on any atom is -1.00 e. The summed E-state index contributed by atoms with van der Waals surface area (Å²) < 4.78 is 0. The maximum Gasteiger partial charge on any atom is 4.00 e. The molecule has 0 nitrogen and oxygen atoms in total. The van der Waals surface area contributed by atoms with Crippen molar-refractivity contribution in [2.75, 3.05) is 0 Å². The van der Waals surface area contributed by atoms with Crippen LogP contribution in [0.2, 0.25) is 13.1 Å². The van der Waals surface area contributed by atoms with Gasteiger partial charge in [0.1, 0.15) is 0 Å². The van der Waals surface area contributed by atoms with Crippen LogP contribution < -0.4 is 47.6 Å². The zero-order valence-corrected chi connectivity index (χ0v) is 19.2. The number of hydrogen-bond acceptors (Lipinski definition) is 0. The molecule has 0 unspecified atom stereocenters. The molecular formula is C20H21Cl3SiTi. The molecule has 3 rings (SSSR count). The fourth-order valence-corrected chi connectivity index (χ4v) is 5.25. The van der Waals surface area contributed by atoms with E-state index in [-0.39, 0.29) is 58.9 Å². The molecule has 0 saturated heterocycles. The molecule has 130 valence electrons. The van der Waals surface area contributed by atoms with E-state index in [0.29, 0.717) is 0 Å². The van der Waals surface area contributed by atoms with Crippen molar-refractivity contribution < 1.29 is 58.9 Å². The van der Waals surface area contributed by atoms with Crippen molar-refractivity contribution in [3.05, 3.63) is 90.0 Å². The minimum atomic E-state index is -1.55. The van der Waals surface area contributed by atoms with Crippen LogP contribution in [0, 0.1) is 0 Å². The zero-order valence-electron chi connectivity index (χ0n) is 14.3. The number of benzene rings is 2. The first kappa shape index (κ1) is 26.8. The SMILES string of the molecule is C[Si](C)(c1ccccc1)[c-]1ccc(Cc2ccccc2)c1.[Cl-].[Cl-].[Cl-].[Ti+4]. The first-order valence-electron chi connectivity index (χ1n) is 7.52. The molecule has 0 aliphatic heterocycles. The van der Waals surface area contributed by atoms with Gasteiger partial charge in [-0.1, -0.05) is 90.9 Å². The van der Waals surface area contributed by atoms with Gasteiger partial charge >= 0.3 is 21.7 Å². The van der Waals surface area contributed by atoms with Gasteiger partial charge in [-0.15, -0.1) is 0 Å². The van der Waals surface area contributed by atoms with E-state index in [1.165, 1.54) is 21.5 Å². The van der Waals surface area contributed by atoms with Crippen molar-refractivity contribution in [2.24, 2.45) is 0 Å². The fraction of sp³-hybridized carbons (Fsp3) is 0.150. The van der Waals surface area contributed by atoms with Crippen molar-refractivity contribution in [3.8, 4) is 0 Å². The molecule has 0 bridgehead atoms. The van der Waals surface area contributed by atoms with Crippen molar-refractivity contribution >= 4 is 18.4 Å². The molecule has 25 heavy (non-hydrogen) atoms. The molecule has 0 amide bonds. The van der Waals surface area contributed by atoms with E-state index < -0.39 is 8.07 Å². The van der Waals surface area contributed by atoms with Gasteiger partial charge in [-0.2, -0.15) is 22.9 Å². The molecule has 0 fully saturated rings. The van der Waals surface area contributed by atoms with Gasteiger partial charge in [-0.25, -0.2) is 6.07 Å². The summed E-state index contributed by atoms with van der Waals surface area (Å²) in [5.74, 6) is 0. The van der Waals surface area contributed by atoms with Gasteiger partial charge in [-0.3, -0.25) is 0 Å². The topological polar surface area (TPSA) is 0 Å². The van der Waals surface area contributed by atoms with E-state index in [9.17, 15) is 0 Å². The van der Waals surface area contributed by atoms with E-state index >= 15 is 0 Å². The predicted octanol–water partition coefficient (Wildman–Crippen LogP) is -5.17. The van der Waals surface area contributed by atoms with E-state index in [4.69, 9.17) is 0 Å². The number of hydrogen-bond donors (Lipinski definition) is 0. The van der Waals surface area contributed by atoms with E-state index in [2.05, 4.69) is 92.0 Å². The van der Waals surface area contributed by atoms with E-state index in [1.54, 1.807) is 0 Å². The monoisotopic (exact) mass is 442 g/mol. The van der Waals surface area contributed by atoms with Gasteiger partial charge in [0.15, 0.2) is 0 Å². The molecule has 3 aromatic rings. The summed E-state index contributed by atoms with van der Waals surface area (Å²) in [6.07, 6.45) is 1.03. The van der Waals surface area contributed by atoms with Crippen LogP contribution in [0.4, 0.5) is 0 Å². The third-order valence-electron chi connectivity index (χ3n) is 4.29. The summed E-state index contributed by atoms with van der Waals surface area (Å²) >= 11 is 0. The van der Waals surface area contributed by atoms with Crippen LogP contribution in [0.15, 0.2) is 78.9 Å². The number of halogens is 3. The maximum absolute atomic E-state index is 2.43. The zero-order chi connectivity index (χ0) is 14.7. The Morgan fingerprint density at radius 2 is 1.24 bits per heavy atom. The first-order chi connectivity index (χ1) is 10.2. The third-order valence-corrected chi connectivity index (χ3v) is 7.82. The average Bonchev–Trinajstić information content (AvgIpc) is 2.98. The first-order valence-corrected chi connectivity index (χ1v) is 10.5. The third kappa shape index (κ3) is 6.67. The van der Waals surface area contributed by atoms with E-state index in [0.717, 1.165) is 6.42 Å². The molecule has 0 aliphatic rings. The fourth-order valence-electron chi connectivity index (χ4n) is 2.84. The van der Waals surface area contributed by atoms with Gasteiger partial charge in [0.2, 0.25) is 0 Å². The molecule has 0 N–H and O–H groups in total. The summed E-state index contributed by atoms with van der Waals surface area (Å²) in [6.45, 7) is 4.87. The van der Waals surface area contributed by atoms with Gasteiger partial charge in [0.25, 0.3) is 0 Å². The number of rotatable bonds is 4. The average molecular weight is 444 g/mol. The summed E-state index contributed by atoms with van der Waals surface area (Å²) in [7, 11) is -1.55. The largest absolute Gasteiger partial charge is 4.00 e. The second-order valence-corrected chi connectivity index (χ2v) is 10.6.